The highest BCUT2D eigenvalue weighted by atomic mass is 16.5. The van der Waals surface area contributed by atoms with Gasteiger partial charge in [0.05, 0.1) is 19.3 Å². The van der Waals surface area contributed by atoms with Gasteiger partial charge < -0.3 is 15.0 Å². The van der Waals surface area contributed by atoms with Crippen molar-refractivity contribution in [2.24, 2.45) is 0 Å². The lowest BCUT2D eigenvalue weighted by Gasteiger charge is -2.30. The van der Waals surface area contributed by atoms with Crippen LogP contribution in [0.15, 0.2) is 42.5 Å². The van der Waals surface area contributed by atoms with Crippen molar-refractivity contribution >= 4 is 22.6 Å². The predicted molar refractivity (Wildman–Crippen MR) is 123 cm³/mol. The smallest absolute Gasteiger partial charge is 0.222 e. The van der Waals surface area contributed by atoms with Gasteiger partial charge in [-0.2, -0.15) is 5.10 Å². The Morgan fingerprint density at radius 2 is 2.00 bits per heavy atom. The molecule has 0 radical (unpaired) electrons. The maximum atomic E-state index is 12.8. The highest BCUT2D eigenvalue weighted by Crippen LogP contribution is 2.35. The molecule has 7 heteroatoms. The zero-order valence-corrected chi connectivity index (χ0v) is 18.9. The predicted octanol–water partition coefficient (Wildman–Crippen LogP) is 3.51. The molecule has 0 aliphatic carbocycles. The minimum Gasteiger partial charge on any atom is -0.496 e. The zero-order chi connectivity index (χ0) is 22.7. The van der Waals surface area contributed by atoms with Crippen molar-refractivity contribution in [2.45, 2.75) is 51.1 Å². The molecule has 32 heavy (non-hydrogen) atoms. The Balaban J connectivity index is 1.50. The van der Waals surface area contributed by atoms with Gasteiger partial charge in [-0.15, -0.1) is 0 Å². The van der Waals surface area contributed by atoms with E-state index in [4.69, 9.17) is 4.74 Å². The second kappa shape index (κ2) is 9.02. The Hall–Kier alpha value is -3.35. The molecule has 0 bridgehead atoms. The number of nitrogens with zero attached hydrogens (tertiary/aromatic N) is 2. The number of rotatable bonds is 8. The zero-order valence-electron chi connectivity index (χ0n) is 18.9. The van der Waals surface area contributed by atoms with Crippen molar-refractivity contribution < 1.29 is 14.3 Å². The van der Waals surface area contributed by atoms with Crippen LogP contribution in [0.2, 0.25) is 0 Å². The van der Waals surface area contributed by atoms with Crippen LogP contribution in [0.4, 0.5) is 0 Å². The Kier molecular flexibility index (Phi) is 6.17. The largest absolute Gasteiger partial charge is 0.496 e. The maximum absolute atomic E-state index is 12.8. The fraction of sp³-hybridized carbons (Fsp3) is 0.400. The summed E-state index contributed by atoms with van der Waals surface area (Å²) in [6.07, 6.45) is 2.86. The standard InChI is InChI=1S/C25H30N4O3/c1-17-14-19(28-27-17)16-29(2)24(31)11-13-25(12-10-23(30)26-25)15-18-8-9-22(32-3)21-7-5-4-6-20(18)21/h4-9,14H,10-13,15-16H2,1-3H3,(H,26,30)(H,27,28). The number of H-pyrrole nitrogens is 1. The summed E-state index contributed by atoms with van der Waals surface area (Å²) in [5.41, 5.74) is 2.54. The van der Waals surface area contributed by atoms with E-state index in [0.717, 1.165) is 39.9 Å². The molecule has 3 aromatic rings. The van der Waals surface area contributed by atoms with Gasteiger partial charge in [-0.3, -0.25) is 14.7 Å². The number of aromatic nitrogens is 2. The van der Waals surface area contributed by atoms with Gasteiger partial charge in [-0.1, -0.05) is 30.3 Å². The quantitative estimate of drug-likeness (QED) is 0.568. The number of aromatic amines is 1. The first-order valence-electron chi connectivity index (χ1n) is 11.0. The van der Waals surface area contributed by atoms with Crippen molar-refractivity contribution in [3.05, 3.63) is 59.4 Å². The van der Waals surface area contributed by atoms with Crippen molar-refractivity contribution in [2.75, 3.05) is 14.2 Å². The van der Waals surface area contributed by atoms with Crippen molar-refractivity contribution in [1.82, 2.24) is 20.4 Å². The second-order valence-electron chi connectivity index (χ2n) is 8.77. The van der Waals surface area contributed by atoms with Gasteiger partial charge in [0.15, 0.2) is 0 Å². The van der Waals surface area contributed by atoms with Gasteiger partial charge >= 0.3 is 0 Å². The number of methoxy groups -OCH3 is 1. The molecule has 0 saturated carbocycles. The van der Waals surface area contributed by atoms with E-state index in [0.29, 0.717) is 32.2 Å². The van der Waals surface area contributed by atoms with Crippen molar-refractivity contribution in [3.63, 3.8) is 0 Å². The number of ether oxygens (including phenoxy) is 1. The van der Waals surface area contributed by atoms with E-state index in [1.807, 2.05) is 37.3 Å². The van der Waals surface area contributed by atoms with Gasteiger partial charge in [-0.05, 0) is 49.3 Å². The molecule has 2 heterocycles. The van der Waals surface area contributed by atoms with Gasteiger partial charge in [0.2, 0.25) is 11.8 Å². The topological polar surface area (TPSA) is 87.3 Å². The van der Waals surface area contributed by atoms with Crippen LogP contribution in [0.5, 0.6) is 5.75 Å². The maximum Gasteiger partial charge on any atom is 0.222 e. The third-order valence-electron chi connectivity index (χ3n) is 6.36. The van der Waals surface area contributed by atoms with Gasteiger partial charge in [-0.25, -0.2) is 0 Å². The summed E-state index contributed by atoms with van der Waals surface area (Å²) in [6, 6.07) is 14.1. The number of aryl methyl sites for hydroxylation is 1. The van der Waals surface area contributed by atoms with Crippen LogP contribution >= 0.6 is 0 Å². The number of hydrogen-bond donors (Lipinski definition) is 2. The van der Waals surface area contributed by atoms with Gasteiger partial charge in [0.1, 0.15) is 5.75 Å². The number of benzene rings is 2. The first-order valence-corrected chi connectivity index (χ1v) is 11.0. The van der Waals surface area contributed by atoms with Crippen LogP contribution in [0.25, 0.3) is 10.8 Å². The number of nitrogens with one attached hydrogen (secondary N) is 2. The molecule has 0 spiro atoms. The van der Waals surface area contributed by atoms with Crippen molar-refractivity contribution in [1.29, 1.82) is 0 Å². The first-order chi connectivity index (χ1) is 15.4. The number of fused-ring (bicyclic) bond motifs is 1. The summed E-state index contributed by atoms with van der Waals surface area (Å²) in [5.74, 6) is 0.931. The molecule has 1 aliphatic rings. The molecule has 168 valence electrons. The van der Waals surface area contributed by atoms with E-state index in [1.54, 1.807) is 19.1 Å². The summed E-state index contributed by atoms with van der Waals surface area (Å²) in [6.45, 7) is 2.40. The van der Waals surface area contributed by atoms with Crippen LogP contribution in [0, 0.1) is 6.92 Å². The highest BCUT2D eigenvalue weighted by Gasteiger charge is 2.38. The Morgan fingerprint density at radius 1 is 1.22 bits per heavy atom. The van der Waals surface area contributed by atoms with E-state index < -0.39 is 5.54 Å². The fourth-order valence-electron chi connectivity index (χ4n) is 4.64. The molecule has 2 amide bonds. The lowest BCUT2D eigenvalue weighted by molar-refractivity contribution is -0.131. The average molecular weight is 435 g/mol. The molecule has 1 unspecified atom stereocenters. The fourth-order valence-corrected chi connectivity index (χ4v) is 4.64. The summed E-state index contributed by atoms with van der Waals surface area (Å²) in [7, 11) is 3.47. The Bertz CT molecular complexity index is 1140. The molecule has 1 saturated heterocycles. The van der Waals surface area contributed by atoms with E-state index in [2.05, 4.69) is 27.6 Å². The number of carbonyl (C=O) groups is 2. The molecule has 2 N–H and O–H groups in total. The van der Waals surface area contributed by atoms with Crippen LogP contribution < -0.4 is 10.1 Å². The minimum atomic E-state index is -0.423. The van der Waals surface area contributed by atoms with E-state index >= 15 is 0 Å². The van der Waals surface area contributed by atoms with E-state index in [9.17, 15) is 9.59 Å². The molecule has 4 rings (SSSR count). The molecule has 1 atom stereocenters. The summed E-state index contributed by atoms with van der Waals surface area (Å²) in [5, 5.41) is 12.5. The van der Waals surface area contributed by atoms with Crippen LogP contribution in [-0.4, -0.2) is 46.6 Å². The molecule has 2 aromatic carbocycles. The molecular formula is C25H30N4O3. The minimum absolute atomic E-state index is 0.0470. The van der Waals surface area contributed by atoms with Gasteiger partial charge in [0.25, 0.3) is 0 Å². The summed E-state index contributed by atoms with van der Waals surface area (Å²) < 4.78 is 5.52. The van der Waals surface area contributed by atoms with Crippen LogP contribution in [0.1, 0.15) is 42.6 Å². The average Bonchev–Trinajstić information content (AvgIpc) is 3.37. The molecule has 1 fully saturated rings. The Labute approximate surface area is 188 Å². The number of hydrogen-bond acceptors (Lipinski definition) is 4. The monoisotopic (exact) mass is 434 g/mol. The SMILES string of the molecule is COc1ccc(CC2(CCC(=O)N(C)Cc3cc(C)[nH]n3)CCC(=O)N2)c2ccccc12. The molecule has 1 aliphatic heterocycles. The normalized spacial score (nSPS) is 18.0. The number of carbonyl (C=O) groups excluding carboxylic acids is 2. The lowest BCUT2D eigenvalue weighted by atomic mass is 9.83. The molecular weight excluding hydrogens is 404 g/mol. The second-order valence-corrected chi connectivity index (χ2v) is 8.77. The third-order valence-corrected chi connectivity index (χ3v) is 6.36. The van der Waals surface area contributed by atoms with E-state index in [1.165, 1.54) is 0 Å². The Morgan fingerprint density at radius 3 is 2.66 bits per heavy atom. The van der Waals surface area contributed by atoms with Crippen LogP contribution in [-0.2, 0) is 22.6 Å². The summed E-state index contributed by atoms with van der Waals surface area (Å²) in [4.78, 5) is 26.7. The third kappa shape index (κ3) is 4.61. The molecule has 1 aromatic heterocycles. The van der Waals surface area contributed by atoms with Crippen molar-refractivity contribution in [3.8, 4) is 5.75 Å². The van der Waals surface area contributed by atoms with Crippen LogP contribution in [0.3, 0.4) is 0 Å². The number of amides is 2. The van der Waals surface area contributed by atoms with Gasteiger partial charge in [0, 0.05) is 36.5 Å². The highest BCUT2D eigenvalue weighted by molar-refractivity contribution is 5.91. The first kappa shape index (κ1) is 21.9. The summed E-state index contributed by atoms with van der Waals surface area (Å²) >= 11 is 0. The van der Waals surface area contributed by atoms with E-state index in [-0.39, 0.29) is 11.8 Å². The molecule has 7 nitrogen and oxygen atoms in total. The lowest BCUT2D eigenvalue weighted by Crippen LogP contribution is -2.44.